The van der Waals surface area contributed by atoms with Gasteiger partial charge in [0.2, 0.25) is 0 Å². The van der Waals surface area contributed by atoms with Crippen LogP contribution in [-0.2, 0) is 9.47 Å². The van der Waals surface area contributed by atoms with Gasteiger partial charge in [-0.25, -0.2) is 18.4 Å². The molecule has 0 aliphatic carbocycles. The Morgan fingerprint density at radius 3 is 1.30 bits per heavy atom. The fourth-order valence-electron chi connectivity index (χ4n) is 2.77. The Balaban J connectivity index is 0.000000300. The fourth-order valence-corrected chi connectivity index (χ4v) is 2.77. The standard InChI is InChI=1S/2C10H18FNO3/c2*1-10(2,3)15-9(14)12-5-4-8(13)7(11)6-12/h2*7-8,13H,4-6H2,1-3H3/t2*7-,8-/m10/s1. The summed E-state index contributed by atoms with van der Waals surface area (Å²) in [6, 6.07) is 0. The van der Waals surface area contributed by atoms with Crippen LogP contribution < -0.4 is 0 Å². The van der Waals surface area contributed by atoms with Crippen LogP contribution in [0.4, 0.5) is 18.4 Å². The number of aliphatic hydroxyl groups excluding tert-OH is 2. The molecule has 2 N–H and O–H groups in total. The Morgan fingerprint density at radius 1 is 0.767 bits per heavy atom. The monoisotopic (exact) mass is 438 g/mol. The molecule has 0 aromatic carbocycles. The second-order valence-corrected chi connectivity index (χ2v) is 9.60. The maximum Gasteiger partial charge on any atom is 0.410 e. The molecule has 2 aliphatic rings. The molecule has 2 fully saturated rings. The van der Waals surface area contributed by atoms with Gasteiger partial charge in [0.1, 0.15) is 23.5 Å². The summed E-state index contributed by atoms with van der Waals surface area (Å²) >= 11 is 0. The molecule has 0 bridgehead atoms. The van der Waals surface area contributed by atoms with Crippen molar-refractivity contribution in [2.45, 2.75) is 90.1 Å². The molecular weight excluding hydrogens is 402 g/mol. The SMILES string of the molecule is CC(C)(C)OC(=O)N1CC[C@@H](O)[C@H](F)C1.CC(C)(C)OC(=O)N1CC[C@H](O)[C@@H](F)C1. The summed E-state index contributed by atoms with van der Waals surface area (Å²) in [6.45, 7) is 11.1. The molecule has 4 atom stereocenters. The molecular formula is C20H36F2N2O6. The van der Waals surface area contributed by atoms with Gasteiger partial charge in [-0.05, 0) is 54.4 Å². The number of halogens is 2. The van der Waals surface area contributed by atoms with Gasteiger partial charge in [0, 0.05) is 13.1 Å². The highest BCUT2D eigenvalue weighted by atomic mass is 19.1. The summed E-state index contributed by atoms with van der Waals surface area (Å²) in [5, 5.41) is 18.3. The van der Waals surface area contributed by atoms with Crippen LogP contribution in [0.15, 0.2) is 0 Å². The zero-order valence-electron chi connectivity index (χ0n) is 18.7. The van der Waals surface area contributed by atoms with Crippen LogP contribution in [0.3, 0.4) is 0 Å². The molecule has 2 aliphatic heterocycles. The summed E-state index contributed by atoms with van der Waals surface area (Å²) < 4.78 is 36.4. The zero-order valence-corrected chi connectivity index (χ0v) is 18.7. The van der Waals surface area contributed by atoms with Gasteiger partial charge in [-0.15, -0.1) is 0 Å². The van der Waals surface area contributed by atoms with E-state index in [1.807, 2.05) is 0 Å². The minimum absolute atomic E-state index is 0.0872. The van der Waals surface area contributed by atoms with Crippen molar-refractivity contribution >= 4 is 12.2 Å². The van der Waals surface area contributed by atoms with Crippen LogP contribution in [0.1, 0.15) is 54.4 Å². The number of carbonyl (C=O) groups excluding carboxylic acids is 2. The van der Waals surface area contributed by atoms with Crippen LogP contribution in [0.5, 0.6) is 0 Å². The third-order valence-electron chi connectivity index (χ3n) is 4.32. The van der Waals surface area contributed by atoms with E-state index >= 15 is 0 Å². The topological polar surface area (TPSA) is 99.5 Å². The molecule has 10 heteroatoms. The molecule has 30 heavy (non-hydrogen) atoms. The van der Waals surface area contributed by atoms with E-state index in [2.05, 4.69) is 0 Å². The first-order valence-electron chi connectivity index (χ1n) is 10.2. The van der Waals surface area contributed by atoms with Crippen molar-refractivity contribution in [3.8, 4) is 0 Å². The molecule has 2 heterocycles. The highest BCUT2D eigenvalue weighted by molar-refractivity contribution is 5.68. The number of rotatable bonds is 0. The second kappa shape index (κ2) is 10.6. The number of carbonyl (C=O) groups is 2. The van der Waals surface area contributed by atoms with Crippen molar-refractivity contribution < 1.29 is 38.1 Å². The minimum Gasteiger partial charge on any atom is -0.444 e. The Bertz CT molecular complexity index is 529. The maximum absolute atomic E-state index is 13.1. The summed E-state index contributed by atoms with van der Waals surface area (Å²) in [5.41, 5.74) is -1.14. The quantitative estimate of drug-likeness (QED) is 0.603. The number of nitrogens with zero attached hydrogens (tertiary/aromatic N) is 2. The Hall–Kier alpha value is -1.68. The first kappa shape index (κ1) is 26.4. The summed E-state index contributed by atoms with van der Waals surface area (Å²) in [7, 11) is 0. The van der Waals surface area contributed by atoms with E-state index in [0.29, 0.717) is 13.1 Å². The molecule has 0 aromatic rings. The normalized spacial score (nSPS) is 27.7. The van der Waals surface area contributed by atoms with Gasteiger partial charge in [-0.1, -0.05) is 0 Å². The van der Waals surface area contributed by atoms with E-state index in [-0.39, 0.29) is 25.9 Å². The highest BCUT2D eigenvalue weighted by Gasteiger charge is 2.33. The minimum atomic E-state index is -1.37. The van der Waals surface area contributed by atoms with E-state index in [1.165, 1.54) is 9.80 Å². The average molecular weight is 439 g/mol. The van der Waals surface area contributed by atoms with Crippen molar-refractivity contribution in [2.75, 3.05) is 26.2 Å². The number of hydrogen-bond donors (Lipinski definition) is 2. The van der Waals surface area contributed by atoms with Gasteiger partial charge >= 0.3 is 12.2 Å². The van der Waals surface area contributed by atoms with Gasteiger partial charge in [-0.3, -0.25) is 0 Å². The Kier molecular flexibility index (Phi) is 9.28. The van der Waals surface area contributed by atoms with Crippen LogP contribution in [0, 0.1) is 0 Å². The van der Waals surface area contributed by atoms with Crippen LogP contribution in [0.2, 0.25) is 0 Å². The highest BCUT2D eigenvalue weighted by Crippen LogP contribution is 2.18. The van der Waals surface area contributed by atoms with E-state index in [9.17, 15) is 18.4 Å². The van der Waals surface area contributed by atoms with Crippen LogP contribution >= 0.6 is 0 Å². The summed E-state index contributed by atoms with van der Waals surface area (Å²) in [4.78, 5) is 25.6. The second-order valence-electron chi connectivity index (χ2n) is 9.60. The number of hydrogen-bond acceptors (Lipinski definition) is 6. The first-order valence-corrected chi connectivity index (χ1v) is 10.2. The van der Waals surface area contributed by atoms with Crippen LogP contribution in [-0.4, -0.2) is 94.1 Å². The lowest BCUT2D eigenvalue weighted by Crippen LogP contribution is -2.48. The van der Waals surface area contributed by atoms with E-state index in [4.69, 9.17) is 19.7 Å². The molecule has 0 radical (unpaired) electrons. The summed E-state index contributed by atoms with van der Waals surface area (Å²) in [5.74, 6) is 0. The van der Waals surface area contributed by atoms with Crippen molar-refractivity contribution in [1.82, 2.24) is 9.80 Å². The molecule has 2 amide bonds. The van der Waals surface area contributed by atoms with Gasteiger partial charge in [-0.2, -0.15) is 0 Å². The average Bonchev–Trinajstić information content (AvgIpc) is 2.57. The lowest BCUT2D eigenvalue weighted by Gasteiger charge is -2.33. The van der Waals surface area contributed by atoms with Crippen molar-refractivity contribution in [3.63, 3.8) is 0 Å². The molecule has 0 saturated carbocycles. The number of piperidine rings is 2. The maximum atomic E-state index is 13.1. The van der Waals surface area contributed by atoms with Gasteiger partial charge < -0.3 is 29.5 Å². The molecule has 2 rings (SSSR count). The van der Waals surface area contributed by atoms with Gasteiger partial charge in [0.25, 0.3) is 0 Å². The number of amides is 2. The zero-order chi connectivity index (χ0) is 23.3. The van der Waals surface area contributed by atoms with Gasteiger partial charge in [0.15, 0.2) is 0 Å². The molecule has 0 spiro atoms. The lowest BCUT2D eigenvalue weighted by molar-refractivity contribution is -0.0182. The summed E-state index contributed by atoms with van der Waals surface area (Å²) in [6.07, 6.45) is -5.15. The fraction of sp³-hybridized carbons (Fsp3) is 0.900. The number of ether oxygens (including phenoxy) is 2. The smallest absolute Gasteiger partial charge is 0.410 e. The predicted octanol–water partition coefficient (Wildman–Crippen LogP) is 2.65. The largest absolute Gasteiger partial charge is 0.444 e. The van der Waals surface area contributed by atoms with Crippen molar-refractivity contribution in [1.29, 1.82) is 0 Å². The van der Waals surface area contributed by atoms with Gasteiger partial charge in [0.05, 0.1) is 25.3 Å². The molecule has 0 aromatic heterocycles. The number of likely N-dealkylation sites (tertiary alicyclic amines) is 2. The van der Waals surface area contributed by atoms with E-state index in [1.54, 1.807) is 41.5 Å². The van der Waals surface area contributed by atoms with E-state index < -0.39 is 47.9 Å². The van der Waals surface area contributed by atoms with E-state index in [0.717, 1.165) is 0 Å². The molecule has 0 unspecified atom stereocenters. The van der Waals surface area contributed by atoms with Crippen molar-refractivity contribution in [2.24, 2.45) is 0 Å². The lowest BCUT2D eigenvalue weighted by atomic mass is 10.1. The number of alkyl halides is 2. The Morgan fingerprint density at radius 2 is 1.07 bits per heavy atom. The third kappa shape index (κ3) is 9.42. The molecule has 2 saturated heterocycles. The third-order valence-corrected chi connectivity index (χ3v) is 4.32. The molecule has 176 valence electrons. The molecule has 8 nitrogen and oxygen atoms in total. The first-order chi connectivity index (χ1) is 13.6. The predicted molar refractivity (Wildman–Crippen MR) is 107 cm³/mol. The number of aliphatic hydroxyl groups is 2. The van der Waals surface area contributed by atoms with Crippen molar-refractivity contribution in [3.05, 3.63) is 0 Å². The van der Waals surface area contributed by atoms with Crippen LogP contribution in [0.25, 0.3) is 0 Å². The Labute approximate surface area is 177 Å².